The summed E-state index contributed by atoms with van der Waals surface area (Å²) < 4.78 is 5.33. The van der Waals surface area contributed by atoms with Crippen molar-refractivity contribution in [1.29, 1.82) is 0 Å². The van der Waals surface area contributed by atoms with Crippen LogP contribution in [0.15, 0.2) is 35.1 Å². The standard InChI is InChI=1S/C17H20N4O2/c22-17(21-7-3-13-10-19-11-14(13)4-8-21)15-9-16(23-20-15)12-1-5-18-6-2-12/h1-2,5-6,9,13-14,19H,3-4,7-8,10-11H2/t13-,14+. The van der Waals surface area contributed by atoms with E-state index in [9.17, 15) is 4.79 Å². The van der Waals surface area contributed by atoms with Crippen molar-refractivity contribution in [2.45, 2.75) is 12.8 Å². The van der Waals surface area contributed by atoms with Crippen LogP contribution in [0.1, 0.15) is 23.3 Å². The Morgan fingerprint density at radius 2 is 1.87 bits per heavy atom. The third-order valence-corrected chi connectivity index (χ3v) is 5.00. The minimum absolute atomic E-state index is 0.0259. The van der Waals surface area contributed by atoms with Crippen LogP contribution >= 0.6 is 0 Å². The second kappa shape index (κ2) is 6.12. The van der Waals surface area contributed by atoms with Gasteiger partial charge in [-0.25, -0.2) is 0 Å². The summed E-state index contributed by atoms with van der Waals surface area (Å²) in [6, 6.07) is 5.41. The van der Waals surface area contributed by atoms with Crippen LogP contribution in [0.5, 0.6) is 0 Å². The minimum Gasteiger partial charge on any atom is -0.355 e. The molecule has 23 heavy (non-hydrogen) atoms. The minimum atomic E-state index is -0.0259. The lowest BCUT2D eigenvalue weighted by Gasteiger charge is -2.19. The van der Waals surface area contributed by atoms with E-state index in [-0.39, 0.29) is 5.91 Å². The molecule has 1 amide bonds. The zero-order chi connectivity index (χ0) is 15.6. The van der Waals surface area contributed by atoms with E-state index in [4.69, 9.17) is 4.52 Å². The fraction of sp³-hybridized carbons (Fsp3) is 0.471. The van der Waals surface area contributed by atoms with Crippen molar-refractivity contribution in [3.05, 3.63) is 36.3 Å². The van der Waals surface area contributed by atoms with Crippen molar-refractivity contribution in [3.8, 4) is 11.3 Å². The van der Waals surface area contributed by atoms with Gasteiger partial charge in [-0.3, -0.25) is 9.78 Å². The Hall–Kier alpha value is -2.21. The largest absolute Gasteiger partial charge is 0.355 e. The van der Waals surface area contributed by atoms with Crippen molar-refractivity contribution in [1.82, 2.24) is 20.4 Å². The normalized spacial score (nSPS) is 24.3. The lowest BCUT2D eigenvalue weighted by atomic mass is 9.92. The molecule has 0 aromatic carbocycles. The number of likely N-dealkylation sites (tertiary alicyclic amines) is 1. The van der Waals surface area contributed by atoms with Gasteiger partial charge in [0.05, 0.1) is 0 Å². The fourth-order valence-corrected chi connectivity index (χ4v) is 3.61. The monoisotopic (exact) mass is 312 g/mol. The molecule has 120 valence electrons. The van der Waals surface area contributed by atoms with E-state index in [1.165, 1.54) is 0 Å². The van der Waals surface area contributed by atoms with Crippen molar-refractivity contribution in [3.63, 3.8) is 0 Å². The molecule has 0 bridgehead atoms. The fourth-order valence-electron chi connectivity index (χ4n) is 3.61. The van der Waals surface area contributed by atoms with Crippen LogP contribution in [-0.4, -0.2) is 47.1 Å². The molecule has 2 aromatic heterocycles. The van der Waals surface area contributed by atoms with Gasteiger partial charge in [0.25, 0.3) is 5.91 Å². The Labute approximate surface area is 134 Å². The second-order valence-electron chi connectivity index (χ2n) is 6.36. The lowest BCUT2D eigenvalue weighted by molar-refractivity contribution is 0.0748. The molecule has 2 atom stereocenters. The molecule has 2 aromatic rings. The number of carbonyl (C=O) groups excluding carboxylic acids is 1. The molecule has 2 saturated heterocycles. The number of hydrogen-bond acceptors (Lipinski definition) is 5. The number of fused-ring (bicyclic) bond motifs is 1. The predicted molar refractivity (Wildman–Crippen MR) is 84.7 cm³/mol. The van der Waals surface area contributed by atoms with Crippen LogP contribution < -0.4 is 5.32 Å². The quantitative estimate of drug-likeness (QED) is 0.915. The van der Waals surface area contributed by atoms with Gasteiger partial charge in [0.1, 0.15) is 0 Å². The summed E-state index contributed by atoms with van der Waals surface area (Å²) in [4.78, 5) is 18.6. The van der Waals surface area contributed by atoms with Crippen LogP contribution in [0.2, 0.25) is 0 Å². The van der Waals surface area contributed by atoms with Crippen LogP contribution in [0.3, 0.4) is 0 Å². The van der Waals surface area contributed by atoms with E-state index in [0.717, 1.165) is 44.6 Å². The molecule has 4 rings (SSSR count). The van der Waals surface area contributed by atoms with E-state index in [2.05, 4.69) is 15.5 Å². The number of aromatic nitrogens is 2. The van der Waals surface area contributed by atoms with Gasteiger partial charge in [0.2, 0.25) is 0 Å². The maximum Gasteiger partial charge on any atom is 0.276 e. The van der Waals surface area contributed by atoms with Gasteiger partial charge in [-0.2, -0.15) is 0 Å². The maximum absolute atomic E-state index is 12.7. The number of pyridine rings is 1. The summed E-state index contributed by atoms with van der Waals surface area (Å²) in [7, 11) is 0. The topological polar surface area (TPSA) is 71.3 Å². The maximum atomic E-state index is 12.7. The Kier molecular flexibility index (Phi) is 3.83. The van der Waals surface area contributed by atoms with Gasteiger partial charge in [-0.05, 0) is 49.9 Å². The average Bonchev–Trinajstić information content (AvgIpc) is 3.21. The molecule has 2 aliphatic rings. The summed E-state index contributed by atoms with van der Waals surface area (Å²) in [5, 5.41) is 7.42. The van der Waals surface area contributed by atoms with E-state index < -0.39 is 0 Å². The van der Waals surface area contributed by atoms with Crippen LogP contribution in [-0.2, 0) is 0 Å². The van der Waals surface area contributed by atoms with Gasteiger partial charge >= 0.3 is 0 Å². The zero-order valence-electron chi connectivity index (χ0n) is 12.9. The molecular weight excluding hydrogens is 292 g/mol. The molecule has 0 aliphatic carbocycles. The third kappa shape index (κ3) is 2.86. The lowest BCUT2D eigenvalue weighted by Crippen LogP contribution is -2.32. The van der Waals surface area contributed by atoms with Crippen LogP contribution in [0.4, 0.5) is 0 Å². The van der Waals surface area contributed by atoms with E-state index in [1.54, 1.807) is 18.5 Å². The number of carbonyl (C=O) groups is 1. The van der Waals surface area contributed by atoms with Gasteiger partial charge in [-0.1, -0.05) is 5.16 Å². The Morgan fingerprint density at radius 3 is 2.57 bits per heavy atom. The molecule has 0 saturated carbocycles. The summed E-state index contributed by atoms with van der Waals surface area (Å²) in [6.07, 6.45) is 5.53. The van der Waals surface area contributed by atoms with Crippen LogP contribution in [0.25, 0.3) is 11.3 Å². The molecule has 0 radical (unpaired) electrons. The van der Waals surface area contributed by atoms with E-state index in [1.807, 2.05) is 17.0 Å². The molecule has 6 heteroatoms. The smallest absolute Gasteiger partial charge is 0.276 e. The summed E-state index contributed by atoms with van der Waals surface area (Å²) >= 11 is 0. The third-order valence-electron chi connectivity index (χ3n) is 5.00. The average molecular weight is 312 g/mol. The summed E-state index contributed by atoms with van der Waals surface area (Å²) in [5.41, 5.74) is 1.27. The number of rotatable bonds is 2. The summed E-state index contributed by atoms with van der Waals surface area (Å²) in [6.45, 7) is 3.78. The van der Waals surface area contributed by atoms with Crippen molar-refractivity contribution in [2.24, 2.45) is 11.8 Å². The summed E-state index contributed by atoms with van der Waals surface area (Å²) in [5.74, 6) is 1.99. The molecular formula is C17H20N4O2. The molecule has 4 heterocycles. The highest BCUT2D eigenvalue weighted by Crippen LogP contribution is 2.28. The first-order valence-corrected chi connectivity index (χ1v) is 8.18. The Morgan fingerprint density at radius 1 is 1.17 bits per heavy atom. The van der Waals surface area contributed by atoms with Gasteiger partial charge in [-0.15, -0.1) is 0 Å². The van der Waals surface area contributed by atoms with Crippen molar-refractivity contribution >= 4 is 5.91 Å². The molecule has 6 nitrogen and oxygen atoms in total. The molecule has 0 unspecified atom stereocenters. The van der Waals surface area contributed by atoms with Crippen LogP contribution in [0, 0.1) is 11.8 Å². The molecule has 2 aliphatic heterocycles. The first-order chi connectivity index (χ1) is 11.3. The second-order valence-corrected chi connectivity index (χ2v) is 6.36. The highest BCUT2D eigenvalue weighted by atomic mass is 16.5. The van der Waals surface area contributed by atoms with Gasteiger partial charge in [0.15, 0.2) is 11.5 Å². The van der Waals surface area contributed by atoms with Crippen molar-refractivity contribution in [2.75, 3.05) is 26.2 Å². The highest BCUT2D eigenvalue weighted by Gasteiger charge is 2.32. The molecule has 2 fully saturated rings. The number of nitrogens with one attached hydrogen (secondary N) is 1. The number of amides is 1. The predicted octanol–water partition coefficient (Wildman–Crippen LogP) is 1.81. The number of nitrogens with zero attached hydrogens (tertiary/aromatic N) is 3. The van der Waals surface area contributed by atoms with E-state index >= 15 is 0 Å². The first kappa shape index (κ1) is 14.4. The van der Waals surface area contributed by atoms with Crippen molar-refractivity contribution < 1.29 is 9.32 Å². The zero-order valence-corrected chi connectivity index (χ0v) is 12.9. The van der Waals surface area contributed by atoms with Gasteiger partial charge in [0, 0.05) is 37.1 Å². The highest BCUT2D eigenvalue weighted by molar-refractivity contribution is 5.93. The Bertz CT molecular complexity index is 671. The molecule has 1 N–H and O–H groups in total. The first-order valence-electron chi connectivity index (χ1n) is 8.18. The SMILES string of the molecule is O=C(c1cc(-c2ccncc2)on1)N1CC[C@@H]2CNC[C@@H]2CC1. The Balaban J connectivity index is 1.48. The van der Waals surface area contributed by atoms with Gasteiger partial charge < -0.3 is 14.7 Å². The number of hydrogen-bond donors (Lipinski definition) is 1. The van der Waals surface area contributed by atoms with E-state index in [0.29, 0.717) is 23.3 Å². The molecule has 0 spiro atoms.